The molecule has 0 saturated heterocycles. The molecule has 4 nitrogen and oxygen atoms in total. The standard InChI is InChI=1S/C18H33P.C16H22N2O2.2ClH.Ru/c1-4-10-16(11-5-1)19(17-12-6-2-7-13-17)18-14-8-3-9-15-18;1-13(2)20-16-6-5-15(11-14(16)3)19-10-9-18-8-7-17(4)12-18;;;/h16-18H,1-15H2;3,5-8,11,13H,9-10,12H2,1-2,4H3;2*1H;/q;;;;+2/p-1. The Balaban J connectivity index is 0.000000196. The molecule has 1 aliphatic heterocycles. The van der Waals surface area contributed by atoms with Gasteiger partial charge in [0.05, 0.1) is 17.0 Å². The SMILES string of the molecule is C1CCC([PH+](C2CCCCC2)C2CCCCC2)CC1.CC(C)Oc1ccc(OCCN2C=CN(C)C2)cc1[CH]=[Ru]([Cl])[Cl]. The molecule has 0 spiro atoms. The summed E-state index contributed by atoms with van der Waals surface area (Å²) in [6.07, 6.45) is 28.0. The molecule has 5 rings (SSSR count). The first kappa shape index (κ1) is 34.5. The first-order valence-corrected chi connectivity index (χ1v) is 23.9. The molecule has 8 heteroatoms. The number of rotatable bonds is 10. The second-order valence-electron chi connectivity index (χ2n) is 13.0. The minimum atomic E-state index is -1.92. The number of halogens is 2. The fourth-order valence-corrected chi connectivity index (χ4v) is 14.5. The zero-order chi connectivity index (χ0) is 29.7. The maximum absolute atomic E-state index is 6.02. The predicted molar refractivity (Wildman–Crippen MR) is 182 cm³/mol. The molecule has 240 valence electrons. The van der Waals surface area contributed by atoms with Crippen LogP contribution in [0.3, 0.4) is 0 Å². The van der Waals surface area contributed by atoms with Gasteiger partial charge in [-0.3, -0.25) is 0 Å². The molecule has 1 aromatic rings. The Morgan fingerprint density at radius 1 is 0.857 bits per heavy atom. The molecule has 0 amide bonds. The van der Waals surface area contributed by atoms with E-state index in [1.54, 1.807) is 96.3 Å². The van der Waals surface area contributed by atoms with Gasteiger partial charge >= 0.3 is 151 Å². The van der Waals surface area contributed by atoms with E-state index in [2.05, 4.69) is 22.2 Å². The van der Waals surface area contributed by atoms with Crippen LogP contribution in [0.4, 0.5) is 0 Å². The van der Waals surface area contributed by atoms with Gasteiger partial charge in [-0.15, -0.1) is 0 Å². The van der Waals surface area contributed by atoms with E-state index in [-0.39, 0.29) is 14.0 Å². The molecule has 0 radical (unpaired) electrons. The van der Waals surface area contributed by atoms with Crippen LogP contribution in [-0.2, 0) is 13.5 Å². The van der Waals surface area contributed by atoms with Gasteiger partial charge in [-0.1, -0.05) is 19.3 Å². The average Bonchev–Trinajstić information content (AvgIpc) is 3.41. The van der Waals surface area contributed by atoms with Crippen LogP contribution in [0.15, 0.2) is 30.6 Å². The van der Waals surface area contributed by atoms with E-state index in [1.807, 2.05) is 43.7 Å². The second kappa shape index (κ2) is 18.6. The van der Waals surface area contributed by atoms with E-state index in [0.717, 1.165) is 30.3 Å². The Hall–Kier alpha value is -0.337. The molecule has 0 bridgehead atoms. The fourth-order valence-electron chi connectivity index (χ4n) is 7.46. The molecular formula is C34H56Cl2N2O2PRu+. The van der Waals surface area contributed by atoms with Gasteiger partial charge in [0, 0.05) is 7.92 Å². The Morgan fingerprint density at radius 3 is 1.86 bits per heavy atom. The third-order valence-electron chi connectivity index (χ3n) is 9.34. The summed E-state index contributed by atoms with van der Waals surface area (Å²) in [5.74, 6) is 1.59. The minimum absolute atomic E-state index is 0.0465. The molecule has 3 fully saturated rings. The van der Waals surface area contributed by atoms with Gasteiger partial charge in [-0.25, -0.2) is 0 Å². The molecule has 0 aromatic heterocycles. The fraction of sp³-hybridized carbons (Fsp3) is 0.735. The molecule has 4 aliphatic rings. The van der Waals surface area contributed by atoms with Gasteiger partial charge in [0.1, 0.15) is 0 Å². The van der Waals surface area contributed by atoms with Crippen LogP contribution in [0.1, 0.15) is 116 Å². The third kappa shape index (κ3) is 11.5. The summed E-state index contributed by atoms with van der Waals surface area (Å²) in [6, 6.07) is 5.77. The van der Waals surface area contributed by atoms with Gasteiger partial charge in [0.2, 0.25) is 0 Å². The number of nitrogens with zero attached hydrogens (tertiary/aromatic N) is 2. The van der Waals surface area contributed by atoms with Gasteiger partial charge < -0.3 is 0 Å². The van der Waals surface area contributed by atoms with Crippen molar-refractivity contribution in [2.75, 3.05) is 26.9 Å². The van der Waals surface area contributed by atoms with E-state index in [4.69, 9.17) is 28.9 Å². The van der Waals surface area contributed by atoms with Crippen LogP contribution in [-0.4, -0.2) is 64.4 Å². The van der Waals surface area contributed by atoms with E-state index in [0.29, 0.717) is 6.61 Å². The summed E-state index contributed by atoms with van der Waals surface area (Å²) in [4.78, 5) is 4.32. The molecule has 42 heavy (non-hydrogen) atoms. The van der Waals surface area contributed by atoms with Crippen LogP contribution in [0.5, 0.6) is 11.5 Å². The molecule has 3 aliphatic carbocycles. The van der Waals surface area contributed by atoms with Crippen molar-refractivity contribution in [2.24, 2.45) is 0 Å². The number of benzene rings is 1. The van der Waals surface area contributed by atoms with E-state index >= 15 is 0 Å². The molecule has 1 aromatic carbocycles. The van der Waals surface area contributed by atoms with Crippen LogP contribution in [0.25, 0.3) is 0 Å². The van der Waals surface area contributed by atoms with Gasteiger partial charge in [0.15, 0.2) is 0 Å². The van der Waals surface area contributed by atoms with Crippen molar-refractivity contribution in [1.29, 1.82) is 0 Å². The van der Waals surface area contributed by atoms with Gasteiger partial charge in [0.25, 0.3) is 0 Å². The molecule has 3 saturated carbocycles. The Kier molecular flexibility index (Phi) is 15.3. The van der Waals surface area contributed by atoms with Crippen LogP contribution in [0, 0.1) is 0 Å². The van der Waals surface area contributed by atoms with Crippen molar-refractivity contribution in [3.05, 3.63) is 36.2 Å². The molecule has 0 unspecified atom stereocenters. The van der Waals surface area contributed by atoms with E-state index < -0.39 is 13.5 Å². The Bertz CT molecular complexity index is 945. The van der Waals surface area contributed by atoms with Crippen LogP contribution < -0.4 is 9.47 Å². The van der Waals surface area contributed by atoms with Crippen molar-refractivity contribution >= 4 is 31.9 Å². The number of hydrogen-bond donors (Lipinski definition) is 0. The number of ether oxygens (including phenoxy) is 2. The molecule has 0 atom stereocenters. The topological polar surface area (TPSA) is 24.9 Å². The van der Waals surface area contributed by atoms with Crippen molar-refractivity contribution in [1.82, 2.24) is 9.80 Å². The summed E-state index contributed by atoms with van der Waals surface area (Å²) < 4.78 is 13.5. The zero-order valence-corrected chi connectivity index (χ0v) is 30.6. The van der Waals surface area contributed by atoms with Gasteiger partial charge in [-0.2, -0.15) is 0 Å². The van der Waals surface area contributed by atoms with Crippen LogP contribution >= 0.6 is 27.3 Å². The summed E-state index contributed by atoms with van der Waals surface area (Å²) >= 11 is -1.92. The first-order chi connectivity index (χ1) is 20.4. The maximum atomic E-state index is 6.02. The van der Waals surface area contributed by atoms with Crippen molar-refractivity contribution in [3.8, 4) is 11.5 Å². The number of hydrogen-bond acceptors (Lipinski definition) is 4. The normalized spacial score (nSPS) is 21.0. The van der Waals surface area contributed by atoms with Crippen molar-refractivity contribution in [3.63, 3.8) is 0 Å². The van der Waals surface area contributed by atoms with Crippen LogP contribution in [0.2, 0.25) is 0 Å². The zero-order valence-electron chi connectivity index (χ0n) is 26.3. The summed E-state index contributed by atoms with van der Waals surface area (Å²) in [7, 11) is 14.0. The molecule has 1 heterocycles. The third-order valence-corrected chi connectivity index (χ3v) is 15.7. The summed E-state index contributed by atoms with van der Waals surface area (Å²) in [5.41, 5.74) is 4.58. The second-order valence-corrected chi connectivity index (χ2v) is 22.2. The van der Waals surface area contributed by atoms with E-state index in [9.17, 15) is 0 Å². The monoisotopic (exact) mass is 727 g/mol. The Labute approximate surface area is 271 Å². The quantitative estimate of drug-likeness (QED) is 0.177. The molecular weight excluding hydrogens is 671 g/mol. The first-order valence-electron chi connectivity index (χ1n) is 16.6. The average molecular weight is 728 g/mol. The predicted octanol–water partition coefficient (Wildman–Crippen LogP) is 9.80. The Morgan fingerprint density at radius 2 is 1.40 bits per heavy atom. The van der Waals surface area contributed by atoms with Crippen molar-refractivity contribution in [2.45, 2.75) is 133 Å². The summed E-state index contributed by atoms with van der Waals surface area (Å²) in [6.45, 7) is 6.34. The van der Waals surface area contributed by atoms with Gasteiger partial charge in [-0.05, 0) is 77.0 Å². The van der Waals surface area contributed by atoms with Crippen molar-refractivity contribution < 1.29 is 23.0 Å². The molecule has 0 N–H and O–H groups in total. The summed E-state index contributed by atoms with van der Waals surface area (Å²) in [5, 5.41) is 0. The van der Waals surface area contributed by atoms with E-state index in [1.165, 1.54) is 17.0 Å².